The summed E-state index contributed by atoms with van der Waals surface area (Å²) in [4.78, 5) is 13.2. The van der Waals surface area contributed by atoms with Gasteiger partial charge in [0, 0.05) is 38.8 Å². The molecule has 112 valence electrons. The van der Waals surface area contributed by atoms with Crippen molar-refractivity contribution >= 4 is 5.82 Å². The maximum atomic E-state index is 5.63. The molecule has 1 saturated heterocycles. The van der Waals surface area contributed by atoms with Crippen molar-refractivity contribution in [3.05, 3.63) is 12.4 Å². The van der Waals surface area contributed by atoms with Crippen LogP contribution in [0, 0.1) is 0 Å². The van der Waals surface area contributed by atoms with Gasteiger partial charge in [-0.15, -0.1) is 0 Å². The third-order valence-corrected chi connectivity index (χ3v) is 3.44. The van der Waals surface area contributed by atoms with Gasteiger partial charge in [0.15, 0.2) is 0 Å². The summed E-state index contributed by atoms with van der Waals surface area (Å²) >= 11 is 0. The monoisotopic (exact) mass is 279 g/mol. The molecule has 0 aromatic carbocycles. The highest BCUT2D eigenvalue weighted by Gasteiger charge is 2.16. The zero-order chi connectivity index (χ0) is 14.2. The van der Waals surface area contributed by atoms with Gasteiger partial charge < -0.3 is 20.3 Å². The molecule has 1 aliphatic heterocycles. The molecule has 1 fully saturated rings. The first-order valence-corrected chi connectivity index (χ1v) is 7.45. The molecule has 0 spiro atoms. The van der Waals surface area contributed by atoms with E-state index in [0.717, 1.165) is 57.9 Å². The van der Waals surface area contributed by atoms with Gasteiger partial charge in [-0.1, -0.05) is 6.92 Å². The summed E-state index contributed by atoms with van der Waals surface area (Å²) in [6.07, 6.45) is 3.70. The summed E-state index contributed by atoms with van der Waals surface area (Å²) in [5, 5.41) is 0. The first kappa shape index (κ1) is 15.0. The highest BCUT2D eigenvalue weighted by Crippen LogP contribution is 2.17. The number of hydrogen-bond acceptors (Lipinski definition) is 6. The van der Waals surface area contributed by atoms with Crippen LogP contribution in [-0.4, -0.2) is 60.7 Å². The lowest BCUT2D eigenvalue weighted by molar-refractivity contribution is 0.301. The Bertz CT molecular complexity index is 401. The van der Waals surface area contributed by atoms with Gasteiger partial charge in [0.25, 0.3) is 0 Å². The van der Waals surface area contributed by atoms with Gasteiger partial charge in [-0.2, -0.15) is 0 Å². The molecule has 2 rings (SSSR count). The van der Waals surface area contributed by atoms with Crippen LogP contribution < -0.4 is 15.4 Å². The van der Waals surface area contributed by atoms with Crippen LogP contribution in [0.5, 0.6) is 5.88 Å². The van der Waals surface area contributed by atoms with E-state index in [0.29, 0.717) is 12.5 Å². The standard InChI is InChI=1S/C14H25N5O/c1-2-10-20-14-11-13(16-12-17-14)19-6-3-5-18(7-4-15)8-9-19/h11-12H,2-10,15H2,1H3. The van der Waals surface area contributed by atoms with E-state index in [1.807, 2.05) is 6.07 Å². The van der Waals surface area contributed by atoms with Crippen molar-refractivity contribution in [2.24, 2.45) is 5.73 Å². The Morgan fingerprint density at radius 1 is 1.25 bits per heavy atom. The number of aromatic nitrogens is 2. The molecular formula is C14H25N5O. The largest absolute Gasteiger partial charge is 0.478 e. The maximum absolute atomic E-state index is 5.63. The van der Waals surface area contributed by atoms with E-state index >= 15 is 0 Å². The number of nitrogens with two attached hydrogens (primary N) is 1. The van der Waals surface area contributed by atoms with Crippen molar-refractivity contribution in [1.82, 2.24) is 14.9 Å². The third kappa shape index (κ3) is 4.31. The minimum atomic E-state index is 0.667. The summed E-state index contributed by atoms with van der Waals surface area (Å²) in [5.74, 6) is 1.63. The van der Waals surface area contributed by atoms with Gasteiger partial charge in [-0.3, -0.25) is 0 Å². The Labute approximate surface area is 120 Å². The van der Waals surface area contributed by atoms with E-state index < -0.39 is 0 Å². The Hall–Kier alpha value is -1.40. The van der Waals surface area contributed by atoms with Gasteiger partial charge in [0.05, 0.1) is 6.61 Å². The van der Waals surface area contributed by atoms with Crippen molar-refractivity contribution in [1.29, 1.82) is 0 Å². The van der Waals surface area contributed by atoms with E-state index in [-0.39, 0.29) is 0 Å². The molecule has 0 radical (unpaired) electrons. The molecule has 1 aromatic rings. The predicted octanol–water partition coefficient (Wildman–Crippen LogP) is 0.736. The molecule has 0 atom stereocenters. The number of nitrogens with zero attached hydrogens (tertiary/aromatic N) is 4. The predicted molar refractivity (Wildman–Crippen MR) is 80.1 cm³/mol. The molecule has 2 heterocycles. The summed E-state index contributed by atoms with van der Waals surface area (Å²) < 4.78 is 5.57. The second kappa shape index (κ2) is 8.01. The molecule has 2 N–H and O–H groups in total. The Balaban J connectivity index is 1.96. The summed E-state index contributed by atoms with van der Waals surface area (Å²) in [7, 11) is 0. The molecule has 1 aromatic heterocycles. The fourth-order valence-corrected chi connectivity index (χ4v) is 2.39. The average Bonchev–Trinajstić information content (AvgIpc) is 2.72. The molecule has 6 heteroatoms. The lowest BCUT2D eigenvalue weighted by Crippen LogP contribution is -2.34. The van der Waals surface area contributed by atoms with Crippen LogP contribution in [0.25, 0.3) is 0 Å². The van der Waals surface area contributed by atoms with Gasteiger partial charge in [-0.05, 0) is 19.4 Å². The quantitative estimate of drug-likeness (QED) is 0.828. The number of ether oxygens (including phenoxy) is 1. The lowest BCUT2D eigenvalue weighted by Gasteiger charge is -2.22. The molecule has 0 saturated carbocycles. The SMILES string of the molecule is CCCOc1cc(N2CCCN(CCN)CC2)ncn1. The van der Waals surface area contributed by atoms with Crippen LogP contribution in [0.4, 0.5) is 5.82 Å². The first-order valence-electron chi connectivity index (χ1n) is 7.45. The van der Waals surface area contributed by atoms with Crippen molar-refractivity contribution in [2.75, 3.05) is 50.8 Å². The van der Waals surface area contributed by atoms with E-state index in [9.17, 15) is 0 Å². The molecule has 0 bridgehead atoms. The second-order valence-electron chi connectivity index (χ2n) is 5.03. The van der Waals surface area contributed by atoms with E-state index in [2.05, 4.69) is 26.7 Å². The van der Waals surface area contributed by atoms with Crippen molar-refractivity contribution in [2.45, 2.75) is 19.8 Å². The normalized spacial score (nSPS) is 17.0. The molecule has 6 nitrogen and oxygen atoms in total. The Morgan fingerprint density at radius 2 is 2.15 bits per heavy atom. The van der Waals surface area contributed by atoms with Crippen molar-refractivity contribution in [3.63, 3.8) is 0 Å². The lowest BCUT2D eigenvalue weighted by atomic mass is 10.3. The number of anilines is 1. The van der Waals surface area contributed by atoms with Crippen LogP contribution >= 0.6 is 0 Å². The van der Waals surface area contributed by atoms with Gasteiger partial charge in [-0.25, -0.2) is 9.97 Å². The van der Waals surface area contributed by atoms with Gasteiger partial charge in [0.1, 0.15) is 12.1 Å². The van der Waals surface area contributed by atoms with Crippen LogP contribution in [0.15, 0.2) is 12.4 Å². The van der Waals surface area contributed by atoms with Crippen molar-refractivity contribution in [3.8, 4) is 5.88 Å². The van der Waals surface area contributed by atoms with E-state index in [1.54, 1.807) is 6.33 Å². The topological polar surface area (TPSA) is 67.5 Å². The highest BCUT2D eigenvalue weighted by atomic mass is 16.5. The first-order chi connectivity index (χ1) is 9.83. The number of rotatable bonds is 6. The minimum absolute atomic E-state index is 0.667. The van der Waals surface area contributed by atoms with Gasteiger partial charge >= 0.3 is 0 Å². The fourth-order valence-electron chi connectivity index (χ4n) is 2.39. The van der Waals surface area contributed by atoms with Crippen LogP contribution in [-0.2, 0) is 0 Å². The molecular weight excluding hydrogens is 254 g/mol. The van der Waals surface area contributed by atoms with Gasteiger partial charge in [0.2, 0.25) is 5.88 Å². The molecule has 0 unspecified atom stereocenters. The van der Waals surface area contributed by atoms with E-state index in [4.69, 9.17) is 10.5 Å². The van der Waals surface area contributed by atoms with E-state index in [1.165, 1.54) is 0 Å². The third-order valence-electron chi connectivity index (χ3n) is 3.44. The Morgan fingerprint density at radius 3 is 2.95 bits per heavy atom. The van der Waals surface area contributed by atoms with Crippen LogP contribution in [0.2, 0.25) is 0 Å². The fraction of sp³-hybridized carbons (Fsp3) is 0.714. The van der Waals surface area contributed by atoms with Crippen LogP contribution in [0.1, 0.15) is 19.8 Å². The summed E-state index contributed by atoms with van der Waals surface area (Å²) in [6.45, 7) is 8.62. The number of hydrogen-bond donors (Lipinski definition) is 1. The molecule has 0 aliphatic carbocycles. The minimum Gasteiger partial charge on any atom is -0.478 e. The smallest absolute Gasteiger partial charge is 0.218 e. The summed E-state index contributed by atoms with van der Waals surface area (Å²) in [6, 6.07) is 1.94. The summed E-state index contributed by atoms with van der Waals surface area (Å²) in [5.41, 5.74) is 5.63. The average molecular weight is 279 g/mol. The molecule has 1 aliphatic rings. The Kier molecular flexibility index (Phi) is 6.01. The van der Waals surface area contributed by atoms with Crippen LogP contribution in [0.3, 0.4) is 0 Å². The maximum Gasteiger partial charge on any atom is 0.218 e. The zero-order valence-corrected chi connectivity index (χ0v) is 12.3. The molecule has 20 heavy (non-hydrogen) atoms. The zero-order valence-electron chi connectivity index (χ0n) is 12.3. The highest BCUT2D eigenvalue weighted by molar-refractivity contribution is 5.40. The second-order valence-corrected chi connectivity index (χ2v) is 5.03. The molecule has 0 amide bonds. The van der Waals surface area contributed by atoms with Crippen molar-refractivity contribution < 1.29 is 4.74 Å².